The molecule has 1 saturated carbocycles. The molecule has 2 aromatic heterocycles. The SMILES string of the molecule is CCCCCOC(=O)C(C)(C)NP(=O)(CO[C@H](C)Cn1cnc2c(N)ncnc21)O[C@@H](C)C(=O)OC1CCCC1. The van der Waals surface area contributed by atoms with Crippen LogP contribution in [0.3, 0.4) is 0 Å². The number of imidazole rings is 1. The van der Waals surface area contributed by atoms with Crippen molar-refractivity contribution in [3.63, 3.8) is 0 Å². The monoisotopic (exact) mass is 582 g/mol. The molecule has 2 heterocycles. The van der Waals surface area contributed by atoms with Crippen molar-refractivity contribution in [2.75, 3.05) is 18.7 Å². The van der Waals surface area contributed by atoms with Gasteiger partial charge in [0, 0.05) is 0 Å². The fraction of sp³-hybridized carbons (Fsp3) is 0.731. The van der Waals surface area contributed by atoms with E-state index in [2.05, 4.69) is 27.0 Å². The molecule has 3 rings (SSSR count). The van der Waals surface area contributed by atoms with E-state index in [1.54, 1.807) is 31.7 Å². The topological polar surface area (TPSA) is 170 Å². The number of rotatable bonds is 16. The fourth-order valence-electron chi connectivity index (χ4n) is 4.41. The van der Waals surface area contributed by atoms with Gasteiger partial charge in [0.1, 0.15) is 29.8 Å². The number of unbranched alkanes of at least 4 members (excludes halogenated alkanes) is 2. The van der Waals surface area contributed by atoms with Crippen LogP contribution in [0.5, 0.6) is 0 Å². The smallest absolute Gasteiger partial charge is 0.335 e. The van der Waals surface area contributed by atoms with Crippen LogP contribution in [0.4, 0.5) is 5.82 Å². The highest BCUT2D eigenvalue weighted by Crippen LogP contribution is 2.46. The maximum absolute atomic E-state index is 14.1. The molecule has 0 radical (unpaired) electrons. The number of carbonyl (C=O) groups excluding carboxylic acids is 2. The molecule has 0 aromatic carbocycles. The van der Waals surface area contributed by atoms with Crippen molar-refractivity contribution >= 4 is 36.4 Å². The number of anilines is 1. The van der Waals surface area contributed by atoms with Gasteiger partial charge in [0.2, 0.25) is 0 Å². The van der Waals surface area contributed by atoms with Crippen LogP contribution in [0.15, 0.2) is 12.7 Å². The Hall–Kier alpha value is -2.60. The van der Waals surface area contributed by atoms with Crippen LogP contribution in [-0.4, -0.2) is 68.3 Å². The van der Waals surface area contributed by atoms with E-state index in [0.29, 0.717) is 17.7 Å². The van der Waals surface area contributed by atoms with Gasteiger partial charge in [-0.15, -0.1) is 0 Å². The maximum atomic E-state index is 14.1. The van der Waals surface area contributed by atoms with Gasteiger partial charge in [-0.2, -0.15) is 0 Å². The maximum Gasteiger partial charge on any atom is 0.335 e. The minimum Gasteiger partial charge on any atom is -0.464 e. The molecule has 14 heteroatoms. The summed E-state index contributed by atoms with van der Waals surface area (Å²) in [6.45, 7) is 9.00. The molecule has 13 nitrogen and oxygen atoms in total. The Morgan fingerprint density at radius 3 is 2.62 bits per heavy atom. The van der Waals surface area contributed by atoms with E-state index in [0.717, 1.165) is 44.9 Å². The standard InChI is InChI=1S/C26H43N6O7P/c1-6-7-10-13-36-25(34)26(4,5)31-40(35,39-19(3)24(33)38-20-11-8-9-12-20)17-37-18(2)14-32-16-30-21-22(27)28-15-29-23(21)32/h15-16,18-20H,6-14,17H2,1-5H3,(H,31,35)(H2,27,28,29)/t18-,19+,40?/m1/s1. The largest absolute Gasteiger partial charge is 0.464 e. The Balaban J connectivity index is 1.69. The third kappa shape index (κ3) is 8.95. The predicted molar refractivity (Wildman–Crippen MR) is 149 cm³/mol. The van der Waals surface area contributed by atoms with E-state index in [4.69, 9.17) is 24.5 Å². The van der Waals surface area contributed by atoms with Crippen molar-refractivity contribution in [1.29, 1.82) is 0 Å². The second-order valence-corrected chi connectivity index (χ2v) is 12.8. The molecule has 0 saturated heterocycles. The number of fused-ring (bicyclic) bond motifs is 1. The Morgan fingerprint density at radius 2 is 1.93 bits per heavy atom. The zero-order chi connectivity index (χ0) is 29.3. The first-order chi connectivity index (χ1) is 18.9. The van der Waals surface area contributed by atoms with Gasteiger partial charge in [-0.05, 0) is 59.8 Å². The van der Waals surface area contributed by atoms with E-state index in [9.17, 15) is 14.2 Å². The number of hydrogen-bond donors (Lipinski definition) is 2. The number of hydrogen-bond acceptors (Lipinski definition) is 11. The zero-order valence-corrected chi connectivity index (χ0v) is 25.0. The molecule has 1 fully saturated rings. The molecule has 2 aromatic rings. The van der Waals surface area contributed by atoms with Crippen molar-refractivity contribution in [1.82, 2.24) is 24.6 Å². The molecule has 1 aliphatic rings. The van der Waals surface area contributed by atoms with E-state index in [-0.39, 0.29) is 18.5 Å². The predicted octanol–water partition coefficient (Wildman–Crippen LogP) is 3.96. The van der Waals surface area contributed by atoms with Gasteiger partial charge in [0.25, 0.3) is 7.52 Å². The van der Waals surface area contributed by atoms with E-state index in [1.807, 2.05) is 0 Å². The summed E-state index contributed by atoms with van der Waals surface area (Å²) in [7, 11) is -3.94. The lowest BCUT2D eigenvalue weighted by Gasteiger charge is -2.31. The molecule has 0 bridgehead atoms. The van der Waals surface area contributed by atoms with Crippen LogP contribution >= 0.6 is 7.52 Å². The first-order valence-electron chi connectivity index (χ1n) is 13.9. The van der Waals surface area contributed by atoms with Crippen molar-refractivity contribution < 1.29 is 32.9 Å². The Bertz CT molecular complexity index is 1180. The molecular formula is C26H43N6O7P. The lowest BCUT2D eigenvalue weighted by Crippen LogP contribution is -2.47. The number of aromatic nitrogens is 4. The molecule has 0 amide bonds. The van der Waals surface area contributed by atoms with Gasteiger partial charge in [-0.1, -0.05) is 19.8 Å². The fourth-order valence-corrected chi connectivity index (χ4v) is 6.58. The van der Waals surface area contributed by atoms with Crippen molar-refractivity contribution in [3.05, 3.63) is 12.7 Å². The van der Waals surface area contributed by atoms with E-state index < -0.39 is 43.6 Å². The van der Waals surface area contributed by atoms with Crippen LogP contribution in [0, 0.1) is 0 Å². The quantitative estimate of drug-likeness (QED) is 0.166. The molecule has 3 N–H and O–H groups in total. The molecular weight excluding hydrogens is 539 g/mol. The number of nitrogens with two attached hydrogens (primary N) is 1. The summed E-state index contributed by atoms with van der Waals surface area (Å²) >= 11 is 0. The van der Waals surface area contributed by atoms with Crippen molar-refractivity contribution in [3.8, 4) is 0 Å². The van der Waals surface area contributed by atoms with Gasteiger partial charge in [0.05, 0.1) is 25.6 Å². The normalized spacial score (nSPS) is 17.4. The number of nitrogens with zero attached hydrogens (tertiary/aromatic N) is 4. The zero-order valence-electron chi connectivity index (χ0n) is 24.1. The lowest BCUT2D eigenvalue weighted by molar-refractivity contribution is -0.156. The van der Waals surface area contributed by atoms with Crippen molar-refractivity contribution in [2.45, 2.75) is 110 Å². The van der Waals surface area contributed by atoms with Gasteiger partial charge >= 0.3 is 11.9 Å². The van der Waals surface area contributed by atoms with Crippen LogP contribution < -0.4 is 10.8 Å². The second-order valence-electron chi connectivity index (χ2n) is 10.8. The average molecular weight is 583 g/mol. The summed E-state index contributed by atoms with van der Waals surface area (Å²) in [5, 5.41) is 2.81. The summed E-state index contributed by atoms with van der Waals surface area (Å²) < 4.78 is 38.5. The highest BCUT2D eigenvalue weighted by atomic mass is 31.2. The van der Waals surface area contributed by atoms with Gasteiger partial charge in [-0.25, -0.2) is 24.8 Å². The minimum atomic E-state index is -3.94. The summed E-state index contributed by atoms with van der Waals surface area (Å²) in [6.07, 6.45) is 6.96. The van der Waals surface area contributed by atoms with Gasteiger partial charge in [0.15, 0.2) is 17.6 Å². The number of ether oxygens (including phenoxy) is 3. The lowest BCUT2D eigenvalue weighted by atomic mass is 10.1. The first-order valence-corrected chi connectivity index (χ1v) is 15.7. The second kappa shape index (κ2) is 14.3. The van der Waals surface area contributed by atoms with E-state index in [1.165, 1.54) is 13.3 Å². The van der Waals surface area contributed by atoms with Gasteiger partial charge in [-0.3, -0.25) is 9.36 Å². The summed E-state index contributed by atoms with van der Waals surface area (Å²) in [6, 6.07) is 0. The highest BCUT2D eigenvalue weighted by molar-refractivity contribution is 7.56. The molecule has 1 aliphatic carbocycles. The van der Waals surface area contributed by atoms with Crippen LogP contribution in [0.25, 0.3) is 11.2 Å². The molecule has 40 heavy (non-hydrogen) atoms. The Labute approximate surface area is 235 Å². The first kappa shape index (κ1) is 31.9. The average Bonchev–Trinajstić information content (AvgIpc) is 3.56. The van der Waals surface area contributed by atoms with Crippen LogP contribution in [-0.2, 0) is 39.4 Å². The van der Waals surface area contributed by atoms with Crippen molar-refractivity contribution in [2.24, 2.45) is 0 Å². The molecule has 224 valence electrons. The van der Waals surface area contributed by atoms with E-state index >= 15 is 0 Å². The highest BCUT2D eigenvalue weighted by Gasteiger charge is 2.41. The molecule has 0 spiro atoms. The number of nitrogen functional groups attached to an aromatic ring is 1. The summed E-state index contributed by atoms with van der Waals surface area (Å²) in [5.41, 5.74) is 5.50. The Kier molecular flexibility index (Phi) is 11.4. The molecule has 3 atom stereocenters. The summed E-state index contributed by atoms with van der Waals surface area (Å²) in [5.74, 6) is -0.922. The number of carbonyl (C=O) groups is 2. The third-order valence-electron chi connectivity index (χ3n) is 6.60. The van der Waals surface area contributed by atoms with Crippen LogP contribution in [0.2, 0.25) is 0 Å². The third-order valence-corrected chi connectivity index (χ3v) is 8.64. The number of esters is 2. The minimum absolute atomic E-state index is 0.167. The summed E-state index contributed by atoms with van der Waals surface area (Å²) in [4.78, 5) is 38.0. The number of nitrogens with one attached hydrogen (secondary N) is 1. The van der Waals surface area contributed by atoms with Gasteiger partial charge < -0.3 is 29.0 Å². The van der Waals surface area contributed by atoms with Crippen LogP contribution in [0.1, 0.15) is 79.6 Å². The molecule has 0 aliphatic heterocycles. The molecule has 1 unspecified atom stereocenters. The Morgan fingerprint density at radius 1 is 1.20 bits per heavy atom.